The van der Waals surface area contributed by atoms with Gasteiger partial charge in [0, 0.05) is 13.1 Å². The molecule has 0 bridgehead atoms. The van der Waals surface area contributed by atoms with Crippen LogP contribution < -0.4 is 4.90 Å². The summed E-state index contributed by atoms with van der Waals surface area (Å²) in [6.45, 7) is 10.4. The highest BCUT2D eigenvalue weighted by molar-refractivity contribution is 5.96. The number of aryl methyl sites for hydroxylation is 1. The molecular weight excluding hydrogens is 250 g/mol. The second-order valence-electron chi connectivity index (χ2n) is 4.85. The van der Waals surface area contributed by atoms with Gasteiger partial charge in [0.15, 0.2) is 0 Å². The first kappa shape index (κ1) is 16.5. The van der Waals surface area contributed by atoms with Gasteiger partial charge in [0.05, 0.1) is 17.9 Å². The van der Waals surface area contributed by atoms with Crippen LogP contribution in [0.2, 0.25) is 0 Å². The van der Waals surface area contributed by atoms with E-state index in [-0.39, 0.29) is 5.97 Å². The Balaban J connectivity index is 3.11. The van der Waals surface area contributed by atoms with Crippen molar-refractivity contribution in [3.05, 3.63) is 29.3 Å². The molecule has 3 nitrogen and oxygen atoms in total. The maximum absolute atomic E-state index is 12.1. The van der Waals surface area contributed by atoms with Crippen molar-refractivity contribution in [1.82, 2.24) is 0 Å². The first-order valence-electron chi connectivity index (χ1n) is 7.72. The lowest BCUT2D eigenvalue weighted by Crippen LogP contribution is -2.24. The molecule has 0 aromatic heterocycles. The minimum Gasteiger partial charge on any atom is -0.462 e. The molecule has 0 radical (unpaired) electrons. The molecule has 0 saturated heterocycles. The molecule has 112 valence electrons. The third-order valence-corrected chi connectivity index (χ3v) is 3.48. The van der Waals surface area contributed by atoms with Crippen molar-refractivity contribution in [3.8, 4) is 0 Å². The summed E-state index contributed by atoms with van der Waals surface area (Å²) in [5.41, 5.74) is 2.97. The first-order valence-corrected chi connectivity index (χ1v) is 7.72. The highest BCUT2D eigenvalue weighted by Crippen LogP contribution is 2.24. The van der Waals surface area contributed by atoms with Gasteiger partial charge in [-0.15, -0.1) is 0 Å². The van der Waals surface area contributed by atoms with Crippen molar-refractivity contribution in [2.24, 2.45) is 0 Å². The lowest BCUT2D eigenvalue weighted by Gasteiger charge is -2.24. The van der Waals surface area contributed by atoms with Gasteiger partial charge in [-0.3, -0.25) is 0 Å². The minimum atomic E-state index is -0.226. The number of anilines is 1. The molecule has 0 fully saturated rings. The molecular formula is C17H27NO2. The lowest BCUT2D eigenvalue weighted by atomic mass is 10.0. The van der Waals surface area contributed by atoms with Gasteiger partial charge in [-0.05, 0) is 51.3 Å². The standard InChI is InChI=1S/C17H27NO2/c1-5-9-10-14-11-12-15(17(19)20-8-4)16(13-14)18(6-2)7-3/h11-13H,5-10H2,1-4H3. The van der Waals surface area contributed by atoms with Crippen LogP contribution in [-0.2, 0) is 11.2 Å². The predicted octanol–water partition coefficient (Wildman–Crippen LogP) is 4.05. The Bertz CT molecular complexity index is 425. The van der Waals surface area contributed by atoms with E-state index in [4.69, 9.17) is 4.74 Å². The van der Waals surface area contributed by atoms with E-state index in [9.17, 15) is 4.79 Å². The van der Waals surface area contributed by atoms with Gasteiger partial charge >= 0.3 is 5.97 Å². The van der Waals surface area contributed by atoms with Gasteiger partial charge in [-0.25, -0.2) is 4.79 Å². The summed E-state index contributed by atoms with van der Waals surface area (Å²) in [4.78, 5) is 14.3. The molecule has 3 heteroatoms. The summed E-state index contributed by atoms with van der Waals surface area (Å²) in [5.74, 6) is -0.226. The molecule has 20 heavy (non-hydrogen) atoms. The van der Waals surface area contributed by atoms with Gasteiger partial charge in [-0.2, -0.15) is 0 Å². The number of esters is 1. The fraction of sp³-hybridized carbons (Fsp3) is 0.588. The molecule has 0 spiro atoms. The van der Waals surface area contributed by atoms with Crippen LogP contribution in [-0.4, -0.2) is 25.7 Å². The maximum atomic E-state index is 12.1. The Morgan fingerprint density at radius 1 is 1.15 bits per heavy atom. The minimum absolute atomic E-state index is 0.226. The quantitative estimate of drug-likeness (QED) is 0.671. The summed E-state index contributed by atoms with van der Waals surface area (Å²) >= 11 is 0. The fourth-order valence-electron chi connectivity index (χ4n) is 2.32. The van der Waals surface area contributed by atoms with Gasteiger partial charge in [0.1, 0.15) is 0 Å². The van der Waals surface area contributed by atoms with Crippen LogP contribution in [0.1, 0.15) is 56.5 Å². The topological polar surface area (TPSA) is 29.5 Å². The molecule has 0 atom stereocenters. The Morgan fingerprint density at radius 3 is 2.40 bits per heavy atom. The second-order valence-corrected chi connectivity index (χ2v) is 4.85. The van der Waals surface area contributed by atoms with E-state index in [2.05, 4.69) is 37.8 Å². The molecule has 1 rings (SSSR count). The number of ether oxygens (including phenoxy) is 1. The summed E-state index contributed by atoms with van der Waals surface area (Å²) in [6, 6.07) is 6.11. The van der Waals surface area contributed by atoms with Crippen LogP contribution in [0, 0.1) is 0 Å². The number of carbonyl (C=O) groups is 1. The average molecular weight is 277 g/mol. The Labute approximate surface area is 122 Å². The summed E-state index contributed by atoms with van der Waals surface area (Å²) in [5, 5.41) is 0. The van der Waals surface area contributed by atoms with Crippen LogP contribution in [0.25, 0.3) is 0 Å². The number of hydrogen-bond acceptors (Lipinski definition) is 3. The number of carbonyl (C=O) groups excluding carboxylic acids is 1. The third kappa shape index (κ3) is 4.26. The average Bonchev–Trinajstić information content (AvgIpc) is 2.47. The molecule has 0 aliphatic rings. The van der Waals surface area contributed by atoms with Crippen molar-refractivity contribution >= 4 is 11.7 Å². The fourth-order valence-corrected chi connectivity index (χ4v) is 2.32. The summed E-state index contributed by atoms with van der Waals surface area (Å²) < 4.78 is 5.16. The second kappa shape index (κ2) is 8.62. The summed E-state index contributed by atoms with van der Waals surface area (Å²) in [6.07, 6.45) is 3.42. The van der Waals surface area contributed by atoms with Crippen molar-refractivity contribution < 1.29 is 9.53 Å². The van der Waals surface area contributed by atoms with E-state index in [0.29, 0.717) is 12.2 Å². The summed E-state index contributed by atoms with van der Waals surface area (Å²) in [7, 11) is 0. The number of nitrogens with zero attached hydrogens (tertiary/aromatic N) is 1. The molecule has 0 amide bonds. The van der Waals surface area contributed by atoms with Crippen molar-refractivity contribution in [1.29, 1.82) is 0 Å². The lowest BCUT2D eigenvalue weighted by molar-refractivity contribution is 0.0527. The number of hydrogen-bond donors (Lipinski definition) is 0. The van der Waals surface area contributed by atoms with E-state index >= 15 is 0 Å². The smallest absolute Gasteiger partial charge is 0.340 e. The Kier molecular flexibility index (Phi) is 7.13. The Hall–Kier alpha value is -1.51. The largest absolute Gasteiger partial charge is 0.462 e. The Morgan fingerprint density at radius 2 is 1.85 bits per heavy atom. The molecule has 0 N–H and O–H groups in total. The van der Waals surface area contributed by atoms with Crippen LogP contribution in [0.5, 0.6) is 0 Å². The molecule has 0 saturated carbocycles. The van der Waals surface area contributed by atoms with Gasteiger partial charge in [-0.1, -0.05) is 19.4 Å². The molecule has 1 aromatic rings. The number of unbranched alkanes of at least 4 members (excludes halogenated alkanes) is 1. The van der Waals surface area contributed by atoms with Crippen LogP contribution in [0.15, 0.2) is 18.2 Å². The third-order valence-electron chi connectivity index (χ3n) is 3.48. The zero-order valence-electron chi connectivity index (χ0n) is 13.2. The zero-order chi connectivity index (χ0) is 15.0. The first-order chi connectivity index (χ1) is 9.67. The SMILES string of the molecule is CCCCc1ccc(C(=O)OCC)c(N(CC)CC)c1. The van der Waals surface area contributed by atoms with Crippen molar-refractivity contribution in [2.75, 3.05) is 24.6 Å². The normalized spacial score (nSPS) is 10.4. The van der Waals surface area contributed by atoms with Crippen molar-refractivity contribution in [3.63, 3.8) is 0 Å². The van der Waals surface area contributed by atoms with E-state index < -0.39 is 0 Å². The van der Waals surface area contributed by atoms with Crippen LogP contribution >= 0.6 is 0 Å². The van der Waals surface area contributed by atoms with E-state index in [0.717, 1.165) is 25.2 Å². The predicted molar refractivity (Wildman–Crippen MR) is 84.6 cm³/mol. The number of rotatable bonds is 8. The van der Waals surface area contributed by atoms with Crippen molar-refractivity contribution in [2.45, 2.75) is 47.0 Å². The highest BCUT2D eigenvalue weighted by atomic mass is 16.5. The molecule has 0 heterocycles. The zero-order valence-corrected chi connectivity index (χ0v) is 13.2. The van der Waals surface area contributed by atoms with E-state index in [1.807, 2.05) is 13.0 Å². The monoisotopic (exact) mass is 277 g/mol. The molecule has 0 unspecified atom stereocenters. The van der Waals surface area contributed by atoms with E-state index in [1.54, 1.807) is 0 Å². The van der Waals surface area contributed by atoms with Crippen LogP contribution in [0.4, 0.5) is 5.69 Å². The van der Waals surface area contributed by atoms with Gasteiger partial charge in [0.25, 0.3) is 0 Å². The van der Waals surface area contributed by atoms with Gasteiger partial charge in [0.2, 0.25) is 0 Å². The maximum Gasteiger partial charge on any atom is 0.340 e. The van der Waals surface area contributed by atoms with Gasteiger partial charge < -0.3 is 9.64 Å². The highest BCUT2D eigenvalue weighted by Gasteiger charge is 2.16. The van der Waals surface area contributed by atoms with Crippen LogP contribution in [0.3, 0.4) is 0 Å². The van der Waals surface area contributed by atoms with E-state index in [1.165, 1.54) is 18.4 Å². The number of benzene rings is 1. The molecule has 0 aliphatic carbocycles. The molecule has 1 aromatic carbocycles. The molecule has 0 aliphatic heterocycles.